The molecule has 1 aromatic rings. The molecule has 1 aliphatic heterocycles. The monoisotopic (exact) mass is 1460 g/mol. The molecule has 0 spiro atoms. The van der Waals surface area contributed by atoms with Crippen molar-refractivity contribution in [2.75, 3.05) is 58.4 Å². The number of phenolic OH excluding ortho intramolecular Hbond substituents is 1. The number of Topliss-reactive ketones (excluding diaryl/α,β-unsaturated/α-hetero) is 1. The van der Waals surface area contributed by atoms with Crippen molar-refractivity contribution in [2.45, 2.75) is 169 Å². The van der Waals surface area contributed by atoms with Crippen LogP contribution in [0.2, 0.25) is 0 Å². The van der Waals surface area contributed by atoms with Gasteiger partial charge >= 0.3 is 35.8 Å². The van der Waals surface area contributed by atoms with Crippen LogP contribution in [-0.2, 0) is 102 Å². The molecule has 11 amide bonds. The molecule has 0 bridgehead atoms. The Bertz CT molecular complexity index is 3090. The van der Waals surface area contributed by atoms with E-state index >= 15 is 0 Å². The summed E-state index contributed by atoms with van der Waals surface area (Å²) in [5, 5.41) is 86.6. The van der Waals surface area contributed by atoms with Crippen LogP contribution in [0.3, 0.4) is 0 Å². The number of benzene rings is 1. The van der Waals surface area contributed by atoms with Gasteiger partial charge in [-0.2, -0.15) is 0 Å². The zero-order valence-corrected chi connectivity index (χ0v) is 56.0. The average Bonchev–Trinajstić information content (AvgIpc) is 1.75. The first-order chi connectivity index (χ1) is 47.6. The van der Waals surface area contributed by atoms with Crippen LogP contribution in [0.1, 0.15) is 109 Å². The third-order valence-corrected chi connectivity index (χ3v) is 15.8. The number of imide groups is 1. The first kappa shape index (κ1) is 87.1. The summed E-state index contributed by atoms with van der Waals surface area (Å²) in [4.78, 5) is 233. The number of amides is 11. The normalized spacial score (nSPS) is 15.2. The molecule has 562 valence electrons. The first-order valence-corrected chi connectivity index (χ1v) is 32.8. The Kier molecular flexibility index (Phi) is 40.0. The van der Waals surface area contributed by atoms with Crippen molar-refractivity contribution < 1.29 is 132 Å². The summed E-state index contributed by atoms with van der Waals surface area (Å²) < 4.78 is 10.7. The topological polar surface area (TPSA) is 657 Å². The zero-order chi connectivity index (χ0) is 75.9. The lowest BCUT2D eigenvalue weighted by Crippen LogP contribution is -2.61. The molecule has 2 rings (SSSR count). The smallest absolute Gasteiger partial charge is 0.327 e. The third kappa shape index (κ3) is 35.1. The number of hydrogen-bond acceptors (Lipinski definition) is 25. The molecule has 1 aliphatic rings. The molecule has 41 heteroatoms. The van der Waals surface area contributed by atoms with Crippen LogP contribution in [0.15, 0.2) is 24.3 Å². The summed E-state index contributed by atoms with van der Waals surface area (Å²) in [5.41, 5.74) is 17.3. The molecule has 0 radical (unpaired) electrons. The number of thioether (sulfide) groups is 1. The van der Waals surface area contributed by atoms with Crippen LogP contribution in [-0.4, -0.2) is 265 Å². The number of carboxylic acid groups (broad SMARTS) is 6. The minimum absolute atomic E-state index is 0.00131. The van der Waals surface area contributed by atoms with Crippen molar-refractivity contribution in [3.8, 4) is 5.75 Å². The standard InChI is InChI=1S/C60H89N13O27S/c1-31(74)14-21-99-19-6-20-100-22-17-64-44(76)13-18-73-45(77)29-43(59(73)96)101-30-42(60(97)98)72-53(90)36(8-3-5-16-62)66-55(92)38(25-47(80)81)69-57(94)40(27-49(84)85)71-58(95)41(28-50(86)87)70-56(93)39(26-48(82)83)68-52(89)35(7-2-4-15-61)65-54(91)37(23-32-9-11-33(75)12-10-32)67-51(88)34(63)24-46(78)79/h9-12,34-43,75H,2-8,13-30,61-63H2,1H3,(H,64,76)(H,65,91)(H,66,92)(H,67,88)(H,68,89)(H,69,94)(H,70,93)(H,71,95)(H,72,90)(H,78,79)(H,80,81)(H,82,83)(H,84,85)(H,86,87)(H,97,98)/t34-,35-,36-,37-,38-,39-,40-,41-,42-,43?/m0/s1. The number of likely N-dealkylation sites (tertiary alicyclic amines) is 1. The van der Waals surface area contributed by atoms with Crippen LogP contribution >= 0.6 is 11.8 Å². The molecule has 10 atom stereocenters. The van der Waals surface area contributed by atoms with Gasteiger partial charge in [0.25, 0.3) is 0 Å². The van der Waals surface area contributed by atoms with E-state index in [4.69, 9.17) is 26.7 Å². The predicted molar refractivity (Wildman–Crippen MR) is 347 cm³/mol. The number of ketones is 1. The maximum absolute atomic E-state index is 14.0. The number of aliphatic carboxylic acids is 6. The summed E-state index contributed by atoms with van der Waals surface area (Å²) in [6.07, 6.45) is -6.57. The van der Waals surface area contributed by atoms with E-state index in [0.29, 0.717) is 50.0 Å². The van der Waals surface area contributed by atoms with Crippen LogP contribution in [0.25, 0.3) is 0 Å². The van der Waals surface area contributed by atoms with E-state index in [1.165, 1.54) is 31.2 Å². The minimum Gasteiger partial charge on any atom is -0.508 e. The van der Waals surface area contributed by atoms with Crippen LogP contribution in [0.5, 0.6) is 5.75 Å². The number of unbranched alkanes of at least 4 members (excludes halogenated alkanes) is 2. The summed E-state index contributed by atoms with van der Waals surface area (Å²) in [6.45, 7) is 2.46. The van der Waals surface area contributed by atoms with E-state index in [9.17, 15) is 122 Å². The fourth-order valence-electron chi connectivity index (χ4n) is 9.25. The van der Waals surface area contributed by atoms with Gasteiger partial charge in [-0.25, -0.2) is 4.79 Å². The maximum atomic E-state index is 14.0. The van der Waals surface area contributed by atoms with Crippen molar-refractivity contribution in [1.82, 2.24) is 52.8 Å². The Morgan fingerprint density at radius 1 is 0.505 bits per heavy atom. The Labute approximate surface area is 581 Å². The third-order valence-electron chi connectivity index (χ3n) is 14.5. The van der Waals surface area contributed by atoms with Crippen molar-refractivity contribution in [3.05, 3.63) is 29.8 Å². The zero-order valence-electron chi connectivity index (χ0n) is 55.1. The largest absolute Gasteiger partial charge is 0.508 e. The molecule has 0 aliphatic carbocycles. The molecule has 1 fully saturated rings. The molecule has 0 aromatic heterocycles. The van der Waals surface area contributed by atoms with Gasteiger partial charge in [0, 0.05) is 57.7 Å². The molecule has 1 aromatic carbocycles. The quantitative estimate of drug-likeness (QED) is 0.0213. The number of nitrogens with one attached hydrogen (secondary N) is 9. The number of ether oxygens (including phenoxy) is 2. The Hall–Kier alpha value is -9.97. The van der Waals surface area contributed by atoms with E-state index in [1.807, 2.05) is 16.0 Å². The highest BCUT2D eigenvalue weighted by atomic mass is 32.2. The number of rotatable bonds is 53. The van der Waals surface area contributed by atoms with Gasteiger partial charge in [0.15, 0.2) is 0 Å². The second-order valence-corrected chi connectivity index (χ2v) is 24.1. The summed E-state index contributed by atoms with van der Waals surface area (Å²) in [6, 6.07) is -12.6. The molecular formula is C60H89N13O27S. The second-order valence-electron chi connectivity index (χ2n) is 22.9. The van der Waals surface area contributed by atoms with Gasteiger partial charge in [-0.1, -0.05) is 12.1 Å². The second kappa shape index (κ2) is 46.4. The van der Waals surface area contributed by atoms with Crippen LogP contribution in [0.4, 0.5) is 0 Å². The fraction of sp³-hybridized carbons (Fsp3) is 0.600. The van der Waals surface area contributed by atoms with Gasteiger partial charge in [0.05, 0.1) is 56.6 Å². The van der Waals surface area contributed by atoms with Gasteiger partial charge in [-0.3, -0.25) is 86.4 Å². The van der Waals surface area contributed by atoms with Crippen molar-refractivity contribution >= 4 is 118 Å². The van der Waals surface area contributed by atoms with E-state index in [-0.39, 0.29) is 95.7 Å². The lowest BCUT2D eigenvalue weighted by Gasteiger charge is -2.27. The lowest BCUT2D eigenvalue weighted by atomic mass is 10.0. The number of aromatic hydroxyl groups is 1. The number of carbonyl (C=O) groups excluding carboxylic acids is 12. The highest BCUT2D eigenvalue weighted by Crippen LogP contribution is 2.26. The number of nitrogens with zero attached hydrogens (tertiary/aromatic N) is 1. The summed E-state index contributed by atoms with van der Waals surface area (Å²) >= 11 is 0.674. The van der Waals surface area contributed by atoms with Gasteiger partial charge in [-0.05, 0) is 82.7 Å². The van der Waals surface area contributed by atoms with Crippen LogP contribution < -0.4 is 65.1 Å². The highest BCUT2D eigenvalue weighted by Gasteiger charge is 2.41. The maximum Gasteiger partial charge on any atom is 0.327 e. The molecule has 1 heterocycles. The van der Waals surface area contributed by atoms with Crippen molar-refractivity contribution in [3.63, 3.8) is 0 Å². The lowest BCUT2D eigenvalue weighted by molar-refractivity contribution is -0.145. The van der Waals surface area contributed by atoms with E-state index in [0.717, 1.165) is 4.90 Å². The molecule has 22 N–H and O–H groups in total. The summed E-state index contributed by atoms with van der Waals surface area (Å²) in [5.74, 6) is -24.2. The first-order valence-electron chi connectivity index (χ1n) is 31.7. The number of carboxylic acids is 6. The van der Waals surface area contributed by atoms with Gasteiger partial charge in [0.1, 0.15) is 59.9 Å². The van der Waals surface area contributed by atoms with Gasteiger partial charge in [-0.15, -0.1) is 11.8 Å². The van der Waals surface area contributed by atoms with Gasteiger partial charge < -0.3 is 110 Å². The molecular weight excluding hydrogens is 1370 g/mol. The summed E-state index contributed by atoms with van der Waals surface area (Å²) in [7, 11) is 0. The molecule has 1 unspecified atom stereocenters. The minimum atomic E-state index is -2.38. The Morgan fingerprint density at radius 3 is 1.32 bits per heavy atom. The number of carbonyl (C=O) groups is 18. The van der Waals surface area contributed by atoms with Crippen LogP contribution in [0, 0.1) is 0 Å². The van der Waals surface area contributed by atoms with E-state index < -0.39 is 205 Å². The highest BCUT2D eigenvalue weighted by molar-refractivity contribution is 8.00. The SMILES string of the molecule is CC(=O)CCOCCCOCCNC(=O)CCN1C(=O)CC(SC[C@H](NC(=O)[C@H](CCCCN)NC(=O)[C@H](CC(=O)O)NC(=O)[C@H](CC(=O)O)NC(=O)[C@H](CC(=O)O)NC(=O)[C@H](CC(=O)O)NC(=O)[C@H](CCCCN)NC(=O)[C@H](Cc2ccc(O)cc2)NC(=O)[C@@H](N)CC(=O)O)C(=O)O)C1=O. The van der Waals surface area contributed by atoms with E-state index in [1.54, 1.807) is 0 Å². The van der Waals surface area contributed by atoms with Crippen molar-refractivity contribution in [2.24, 2.45) is 17.2 Å². The molecule has 1 saturated heterocycles. The number of phenols is 1. The molecule has 101 heavy (non-hydrogen) atoms. The Morgan fingerprint density at radius 2 is 0.901 bits per heavy atom. The Balaban J connectivity index is 2.30. The predicted octanol–water partition coefficient (Wildman–Crippen LogP) is -6.37. The van der Waals surface area contributed by atoms with Gasteiger partial charge in [0.2, 0.25) is 65.0 Å². The molecule has 0 saturated carbocycles. The number of hydrogen-bond donors (Lipinski definition) is 19. The fourth-order valence-corrected chi connectivity index (χ4v) is 10.4. The van der Waals surface area contributed by atoms with Crippen molar-refractivity contribution in [1.29, 1.82) is 0 Å². The number of nitrogens with two attached hydrogens (primary N) is 3. The molecule has 40 nitrogen and oxygen atoms in total. The average molecular weight is 1460 g/mol. The van der Waals surface area contributed by atoms with E-state index in [2.05, 4.69) is 31.9 Å².